The maximum absolute atomic E-state index is 12.9. The Morgan fingerprint density at radius 2 is 1.75 bits per heavy atom. The highest BCUT2D eigenvalue weighted by atomic mass is 19.3. The lowest BCUT2D eigenvalue weighted by Gasteiger charge is -2.34. The Morgan fingerprint density at radius 3 is 2.31 bits per heavy atom. The van der Waals surface area contributed by atoms with Crippen molar-refractivity contribution in [2.75, 3.05) is 26.3 Å². The van der Waals surface area contributed by atoms with Crippen molar-refractivity contribution in [3.05, 3.63) is 0 Å². The van der Waals surface area contributed by atoms with Crippen LogP contribution < -0.4 is 0 Å². The highest BCUT2D eigenvalue weighted by Crippen LogP contribution is 2.29. The number of carbonyl (C=O) groups is 1. The lowest BCUT2D eigenvalue weighted by atomic mass is 9.97. The largest absolute Gasteiger partial charge is 0.381 e. The fraction of sp³-hybridized carbons (Fsp3) is 0.909. The molecule has 0 atom stereocenters. The van der Waals surface area contributed by atoms with Gasteiger partial charge in [-0.2, -0.15) is 0 Å². The van der Waals surface area contributed by atoms with E-state index in [0.29, 0.717) is 13.2 Å². The maximum atomic E-state index is 12.9. The second-order valence-corrected chi connectivity index (χ2v) is 4.57. The normalized spacial score (nSPS) is 26.8. The number of ether oxygens (including phenoxy) is 1. The molecule has 2 aliphatic heterocycles. The zero-order chi connectivity index (χ0) is 11.6. The molecule has 3 nitrogen and oxygen atoms in total. The predicted molar refractivity (Wildman–Crippen MR) is 54.3 cm³/mol. The third-order valence-corrected chi connectivity index (χ3v) is 3.38. The van der Waals surface area contributed by atoms with Crippen molar-refractivity contribution < 1.29 is 18.3 Å². The number of alkyl halides is 2. The predicted octanol–water partition coefficient (Wildman–Crippen LogP) is 1.67. The van der Waals surface area contributed by atoms with Crippen LogP contribution in [0, 0.1) is 5.92 Å². The Kier molecular flexibility index (Phi) is 3.42. The zero-order valence-electron chi connectivity index (χ0n) is 9.25. The third-order valence-electron chi connectivity index (χ3n) is 3.38. The molecule has 2 aliphatic rings. The molecule has 0 N–H and O–H groups in total. The van der Waals surface area contributed by atoms with Crippen molar-refractivity contribution in [2.45, 2.75) is 31.6 Å². The molecule has 2 rings (SSSR count). The second-order valence-electron chi connectivity index (χ2n) is 4.57. The summed E-state index contributed by atoms with van der Waals surface area (Å²) in [6.07, 6.45) is 1.07. The van der Waals surface area contributed by atoms with E-state index in [1.54, 1.807) is 4.90 Å². The van der Waals surface area contributed by atoms with Crippen molar-refractivity contribution in [1.29, 1.82) is 0 Å². The van der Waals surface area contributed by atoms with Gasteiger partial charge in [0.25, 0.3) is 5.92 Å². The van der Waals surface area contributed by atoms with Gasteiger partial charge in [-0.1, -0.05) is 0 Å². The van der Waals surface area contributed by atoms with Gasteiger partial charge in [-0.3, -0.25) is 4.79 Å². The van der Waals surface area contributed by atoms with Crippen LogP contribution in [0.4, 0.5) is 8.78 Å². The fourth-order valence-corrected chi connectivity index (χ4v) is 2.26. The maximum Gasteiger partial charge on any atom is 0.251 e. The van der Waals surface area contributed by atoms with E-state index in [4.69, 9.17) is 4.74 Å². The molecular formula is C11H17F2NO2. The van der Waals surface area contributed by atoms with Gasteiger partial charge in [0.15, 0.2) is 0 Å². The van der Waals surface area contributed by atoms with E-state index >= 15 is 0 Å². The van der Waals surface area contributed by atoms with Gasteiger partial charge in [0.05, 0.1) is 0 Å². The Bertz CT molecular complexity index is 255. The highest BCUT2D eigenvalue weighted by molar-refractivity contribution is 5.79. The van der Waals surface area contributed by atoms with Crippen LogP contribution in [0.5, 0.6) is 0 Å². The van der Waals surface area contributed by atoms with Crippen LogP contribution in [0.2, 0.25) is 0 Å². The average Bonchev–Trinajstić information content (AvgIpc) is 2.29. The summed E-state index contributed by atoms with van der Waals surface area (Å²) in [6, 6.07) is 0. The first-order chi connectivity index (χ1) is 7.58. The summed E-state index contributed by atoms with van der Waals surface area (Å²) in [5.74, 6) is -2.55. The van der Waals surface area contributed by atoms with Crippen molar-refractivity contribution in [3.8, 4) is 0 Å². The molecule has 0 aromatic carbocycles. The van der Waals surface area contributed by atoms with Gasteiger partial charge >= 0.3 is 0 Å². The van der Waals surface area contributed by atoms with Gasteiger partial charge in [-0.15, -0.1) is 0 Å². The third kappa shape index (κ3) is 2.70. The number of rotatable bonds is 1. The summed E-state index contributed by atoms with van der Waals surface area (Å²) in [6.45, 7) is 1.62. The number of amides is 1. The molecule has 2 fully saturated rings. The molecule has 0 aliphatic carbocycles. The minimum atomic E-state index is -2.58. The molecule has 0 radical (unpaired) electrons. The van der Waals surface area contributed by atoms with Gasteiger partial charge in [0.1, 0.15) is 0 Å². The number of carbonyl (C=O) groups excluding carboxylic acids is 1. The summed E-state index contributed by atoms with van der Waals surface area (Å²) in [4.78, 5) is 13.6. The van der Waals surface area contributed by atoms with E-state index in [1.165, 1.54) is 0 Å². The number of hydrogen-bond donors (Lipinski definition) is 0. The molecule has 1 amide bonds. The molecule has 0 aromatic rings. The number of likely N-dealkylation sites (tertiary alicyclic amines) is 1. The summed E-state index contributed by atoms with van der Waals surface area (Å²) >= 11 is 0. The van der Waals surface area contributed by atoms with Crippen LogP contribution >= 0.6 is 0 Å². The minimum Gasteiger partial charge on any atom is -0.381 e. The van der Waals surface area contributed by atoms with Crippen LogP contribution in [0.25, 0.3) is 0 Å². The van der Waals surface area contributed by atoms with Crippen LogP contribution in [-0.2, 0) is 9.53 Å². The van der Waals surface area contributed by atoms with Crippen molar-refractivity contribution in [2.24, 2.45) is 5.92 Å². The molecule has 2 heterocycles. The summed E-state index contributed by atoms with van der Waals surface area (Å²) in [7, 11) is 0. The first-order valence-corrected chi connectivity index (χ1v) is 5.83. The summed E-state index contributed by atoms with van der Waals surface area (Å²) in [5.41, 5.74) is 0. The summed E-state index contributed by atoms with van der Waals surface area (Å²) in [5, 5.41) is 0. The SMILES string of the molecule is O=C(C1CCOCC1)N1CCC(F)(F)CC1. The quantitative estimate of drug-likeness (QED) is 0.689. The Hall–Kier alpha value is -0.710. The van der Waals surface area contributed by atoms with Crippen LogP contribution in [0.1, 0.15) is 25.7 Å². The van der Waals surface area contributed by atoms with Crippen molar-refractivity contribution >= 4 is 5.91 Å². The topological polar surface area (TPSA) is 29.5 Å². The van der Waals surface area contributed by atoms with Crippen LogP contribution in [0.15, 0.2) is 0 Å². The highest BCUT2D eigenvalue weighted by Gasteiger charge is 2.37. The first-order valence-electron chi connectivity index (χ1n) is 5.83. The molecule has 92 valence electrons. The van der Waals surface area contributed by atoms with E-state index in [0.717, 1.165) is 12.8 Å². The lowest BCUT2D eigenvalue weighted by molar-refractivity contribution is -0.144. The number of nitrogens with zero attached hydrogens (tertiary/aromatic N) is 1. The molecule has 0 spiro atoms. The van der Waals surface area contributed by atoms with Crippen molar-refractivity contribution in [3.63, 3.8) is 0 Å². The van der Waals surface area contributed by atoms with Gasteiger partial charge < -0.3 is 9.64 Å². The smallest absolute Gasteiger partial charge is 0.251 e. The van der Waals surface area contributed by atoms with Gasteiger partial charge in [-0.05, 0) is 12.8 Å². The van der Waals surface area contributed by atoms with E-state index in [-0.39, 0.29) is 37.8 Å². The standard InChI is InChI=1S/C11H17F2NO2/c12-11(13)3-5-14(6-4-11)10(15)9-1-7-16-8-2-9/h9H,1-8H2. The van der Waals surface area contributed by atoms with E-state index in [9.17, 15) is 13.6 Å². The van der Waals surface area contributed by atoms with Crippen LogP contribution in [0.3, 0.4) is 0 Å². The van der Waals surface area contributed by atoms with Crippen LogP contribution in [-0.4, -0.2) is 43.0 Å². The Labute approximate surface area is 93.7 Å². The van der Waals surface area contributed by atoms with E-state index in [1.807, 2.05) is 0 Å². The first kappa shape index (κ1) is 11.8. The fourth-order valence-electron chi connectivity index (χ4n) is 2.26. The van der Waals surface area contributed by atoms with Gasteiger partial charge in [0, 0.05) is 45.1 Å². The van der Waals surface area contributed by atoms with E-state index in [2.05, 4.69) is 0 Å². The lowest BCUT2D eigenvalue weighted by Crippen LogP contribution is -2.46. The van der Waals surface area contributed by atoms with Gasteiger partial charge in [-0.25, -0.2) is 8.78 Å². The molecule has 0 bridgehead atoms. The number of halogens is 2. The summed E-state index contributed by atoms with van der Waals surface area (Å²) < 4.78 is 31.0. The average molecular weight is 233 g/mol. The molecule has 0 unspecified atom stereocenters. The number of piperidine rings is 1. The molecular weight excluding hydrogens is 216 g/mol. The Morgan fingerprint density at radius 1 is 1.19 bits per heavy atom. The van der Waals surface area contributed by atoms with Crippen molar-refractivity contribution in [1.82, 2.24) is 4.90 Å². The zero-order valence-corrected chi connectivity index (χ0v) is 9.25. The monoisotopic (exact) mass is 233 g/mol. The molecule has 16 heavy (non-hydrogen) atoms. The minimum absolute atomic E-state index is 0.0135. The molecule has 2 saturated heterocycles. The number of hydrogen-bond acceptors (Lipinski definition) is 2. The second kappa shape index (κ2) is 4.65. The molecule has 0 aromatic heterocycles. The van der Waals surface area contributed by atoms with E-state index < -0.39 is 5.92 Å². The Balaban J connectivity index is 1.86. The molecule has 0 saturated carbocycles. The molecule has 5 heteroatoms. The van der Waals surface area contributed by atoms with Gasteiger partial charge in [0.2, 0.25) is 5.91 Å².